The summed E-state index contributed by atoms with van der Waals surface area (Å²) in [5, 5.41) is 9.23. The Labute approximate surface area is 109 Å². The minimum atomic E-state index is -0.796. The molecule has 1 amide bonds. The summed E-state index contributed by atoms with van der Waals surface area (Å²) in [6.45, 7) is 3.38. The van der Waals surface area contributed by atoms with Crippen molar-refractivity contribution < 1.29 is 14.3 Å². The SMILES string of the molecule is COCCN(C(=O)C1(C#N)CCC1)C(C)COC. The lowest BCUT2D eigenvalue weighted by Crippen LogP contribution is -2.52. The second kappa shape index (κ2) is 6.72. The third-order valence-corrected chi connectivity index (χ3v) is 3.57. The van der Waals surface area contributed by atoms with Gasteiger partial charge in [0, 0.05) is 20.8 Å². The topological polar surface area (TPSA) is 62.6 Å². The van der Waals surface area contributed by atoms with Gasteiger partial charge in [-0.1, -0.05) is 0 Å². The van der Waals surface area contributed by atoms with Gasteiger partial charge >= 0.3 is 0 Å². The lowest BCUT2D eigenvalue weighted by molar-refractivity contribution is -0.147. The molecule has 0 aliphatic heterocycles. The van der Waals surface area contributed by atoms with E-state index < -0.39 is 5.41 Å². The summed E-state index contributed by atoms with van der Waals surface area (Å²) < 4.78 is 10.1. The van der Waals surface area contributed by atoms with E-state index in [9.17, 15) is 10.1 Å². The number of nitrogens with zero attached hydrogens (tertiary/aromatic N) is 2. The molecule has 1 saturated carbocycles. The van der Waals surface area contributed by atoms with E-state index in [4.69, 9.17) is 9.47 Å². The van der Waals surface area contributed by atoms with Crippen LogP contribution in [0.2, 0.25) is 0 Å². The van der Waals surface area contributed by atoms with Crippen molar-refractivity contribution in [2.24, 2.45) is 5.41 Å². The first-order valence-corrected chi connectivity index (χ1v) is 6.31. The quantitative estimate of drug-likeness (QED) is 0.684. The fourth-order valence-electron chi connectivity index (χ4n) is 2.22. The summed E-state index contributed by atoms with van der Waals surface area (Å²) in [7, 11) is 3.21. The van der Waals surface area contributed by atoms with Gasteiger partial charge in [0.05, 0.1) is 25.3 Å². The molecule has 0 saturated heterocycles. The van der Waals surface area contributed by atoms with Crippen molar-refractivity contribution in [3.05, 3.63) is 0 Å². The molecule has 0 radical (unpaired) electrons. The van der Waals surface area contributed by atoms with Gasteiger partial charge in [0.15, 0.2) is 0 Å². The van der Waals surface area contributed by atoms with Gasteiger partial charge in [-0.15, -0.1) is 0 Å². The van der Waals surface area contributed by atoms with Crippen molar-refractivity contribution in [1.82, 2.24) is 4.90 Å². The molecule has 1 fully saturated rings. The molecule has 0 heterocycles. The number of amides is 1. The van der Waals surface area contributed by atoms with Crippen LogP contribution in [-0.4, -0.2) is 50.8 Å². The zero-order valence-corrected chi connectivity index (χ0v) is 11.4. The maximum atomic E-state index is 12.5. The predicted octanol–water partition coefficient (Wildman–Crippen LogP) is 1.19. The van der Waals surface area contributed by atoms with Crippen LogP contribution < -0.4 is 0 Å². The summed E-state index contributed by atoms with van der Waals surface area (Å²) >= 11 is 0. The molecule has 0 aromatic rings. The Bertz CT molecular complexity index is 321. The van der Waals surface area contributed by atoms with E-state index in [1.54, 1.807) is 19.1 Å². The van der Waals surface area contributed by atoms with Crippen LogP contribution in [0.4, 0.5) is 0 Å². The predicted molar refractivity (Wildman–Crippen MR) is 66.8 cm³/mol. The Kier molecular flexibility index (Phi) is 5.57. The smallest absolute Gasteiger partial charge is 0.243 e. The van der Waals surface area contributed by atoms with Gasteiger partial charge in [-0.2, -0.15) is 5.26 Å². The summed E-state index contributed by atoms with van der Waals surface area (Å²) in [5.74, 6) is -0.0714. The number of carbonyl (C=O) groups is 1. The monoisotopic (exact) mass is 254 g/mol. The molecule has 0 N–H and O–H groups in total. The van der Waals surface area contributed by atoms with Crippen LogP contribution in [0.3, 0.4) is 0 Å². The van der Waals surface area contributed by atoms with Crippen LogP contribution in [0, 0.1) is 16.7 Å². The van der Waals surface area contributed by atoms with Crippen molar-refractivity contribution in [2.45, 2.75) is 32.2 Å². The highest BCUT2D eigenvalue weighted by atomic mass is 16.5. The van der Waals surface area contributed by atoms with Crippen LogP contribution in [0.5, 0.6) is 0 Å². The maximum absolute atomic E-state index is 12.5. The van der Waals surface area contributed by atoms with Gasteiger partial charge in [-0.05, 0) is 26.2 Å². The first-order chi connectivity index (χ1) is 8.61. The van der Waals surface area contributed by atoms with E-state index in [0.29, 0.717) is 32.6 Å². The van der Waals surface area contributed by atoms with Crippen LogP contribution in [0.15, 0.2) is 0 Å². The zero-order chi connectivity index (χ0) is 13.6. The average Bonchev–Trinajstić information content (AvgIpc) is 2.29. The summed E-state index contributed by atoms with van der Waals surface area (Å²) in [4.78, 5) is 14.2. The molecule has 0 aromatic carbocycles. The second-order valence-corrected chi connectivity index (χ2v) is 4.84. The molecule has 102 valence electrons. The Balaban J connectivity index is 2.75. The third kappa shape index (κ3) is 3.01. The molecule has 0 spiro atoms. The summed E-state index contributed by atoms with van der Waals surface area (Å²) in [5.41, 5.74) is -0.796. The normalized spacial score (nSPS) is 18.6. The van der Waals surface area contributed by atoms with Gasteiger partial charge < -0.3 is 14.4 Å². The number of nitriles is 1. The molecule has 5 heteroatoms. The number of ether oxygens (including phenoxy) is 2. The molecule has 18 heavy (non-hydrogen) atoms. The molecule has 0 aromatic heterocycles. The molecular weight excluding hydrogens is 232 g/mol. The lowest BCUT2D eigenvalue weighted by atomic mass is 9.69. The molecule has 1 rings (SSSR count). The van der Waals surface area contributed by atoms with Gasteiger partial charge in [0.1, 0.15) is 5.41 Å². The summed E-state index contributed by atoms with van der Waals surface area (Å²) in [6, 6.07) is 2.16. The van der Waals surface area contributed by atoms with Gasteiger partial charge in [0.2, 0.25) is 5.91 Å². The van der Waals surface area contributed by atoms with E-state index in [2.05, 4.69) is 6.07 Å². The van der Waals surface area contributed by atoms with Crippen LogP contribution in [-0.2, 0) is 14.3 Å². The Morgan fingerprint density at radius 2 is 2.11 bits per heavy atom. The first kappa shape index (κ1) is 14.9. The van der Waals surface area contributed by atoms with Crippen molar-refractivity contribution >= 4 is 5.91 Å². The molecule has 1 unspecified atom stereocenters. The van der Waals surface area contributed by atoms with Gasteiger partial charge in [0.25, 0.3) is 0 Å². The van der Waals surface area contributed by atoms with Gasteiger partial charge in [-0.3, -0.25) is 4.79 Å². The highest BCUT2D eigenvalue weighted by molar-refractivity contribution is 5.86. The second-order valence-electron chi connectivity index (χ2n) is 4.84. The molecule has 5 nitrogen and oxygen atoms in total. The summed E-state index contributed by atoms with van der Waals surface area (Å²) in [6.07, 6.45) is 2.30. The molecule has 1 atom stereocenters. The van der Waals surface area contributed by atoms with Gasteiger partial charge in [-0.25, -0.2) is 0 Å². The zero-order valence-electron chi connectivity index (χ0n) is 11.4. The highest BCUT2D eigenvalue weighted by Crippen LogP contribution is 2.42. The standard InChI is InChI=1S/C13H22N2O3/c1-11(9-18-3)15(7-8-17-2)12(16)13(10-14)5-4-6-13/h11H,4-9H2,1-3H3. The minimum Gasteiger partial charge on any atom is -0.383 e. The van der Waals surface area contributed by atoms with Crippen molar-refractivity contribution in [3.63, 3.8) is 0 Å². The van der Waals surface area contributed by atoms with E-state index in [1.165, 1.54) is 0 Å². The van der Waals surface area contributed by atoms with E-state index in [1.807, 2.05) is 6.92 Å². The van der Waals surface area contributed by atoms with E-state index >= 15 is 0 Å². The molecular formula is C13H22N2O3. The number of hydrogen-bond acceptors (Lipinski definition) is 4. The van der Waals surface area contributed by atoms with E-state index in [-0.39, 0.29) is 11.9 Å². The number of rotatable bonds is 7. The van der Waals surface area contributed by atoms with Crippen molar-refractivity contribution in [3.8, 4) is 6.07 Å². The highest BCUT2D eigenvalue weighted by Gasteiger charge is 2.47. The Morgan fingerprint density at radius 3 is 2.50 bits per heavy atom. The fourth-order valence-corrected chi connectivity index (χ4v) is 2.22. The largest absolute Gasteiger partial charge is 0.383 e. The Hall–Kier alpha value is -1.12. The fraction of sp³-hybridized carbons (Fsp3) is 0.846. The maximum Gasteiger partial charge on any atom is 0.243 e. The van der Waals surface area contributed by atoms with Crippen molar-refractivity contribution in [1.29, 1.82) is 5.26 Å². The number of carbonyl (C=O) groups excluding carboxylic acids is 1. The first-order valence-electron chi connectivity index (χ1n) is 6.31. The number of hydrogen-bond donors (Lipinski definition) is 0. The minimum absolute atomic E-state index is 0.0384. The molecule has 0 bridgehead atoms. The molecule has 1 aliphatic carbocycles. The van der Waals surface area contributed by atoms with Crippen LogP contribution in [0.1, 0.15) is 26.2 Å². The molecule has 1 aliphatic rings. The lowest BCUT2D eigenvalue weighted by Gasteiger charge is -2.40. The third-order valence-electron chi connectivity index (χ3n) is 3.57. The Morgan fingerprint density at radius 1 is 1.44 bits per heavy atom. The van der Waals surface area contributed by atoms with Crippen LogP contribution in [0.25, 0.3) is 0 Å². The van der Waals surface area contributed by atoms with E-state index in [0.717, 1.165) is 6.42 Å². The van der Waals surface area contributed by atoms with Crippen molar-refractivity contribution in [2.75, 3.05) is 34.0 Å². The van der Waals surface area contributed by atoms with Crippen LogP contribution >= 0.6 is 0 Å². The number of methoxy groups -OCH3 is 2. The average molecular weight is 254 g/mol.